The van der Waals surface area contributed by atoms with Crippen LogP contribution in [0.3, 0.4) is 0 Å². The van der Waals surface area contributed by atoms with Crippen LogP contribution in [0, 0.1) is 5.82 Å². The lowest BCUT2D eigenvalue weighted by atomic mass is 10.2. The molecule has 2 nitrogen and oxygen atoms in total. The zero-order valence-corrected chi connectivity index (χ0v) is 8.79. The smallest absolute Gasteiger partial charge is 0.165 e. The monoisotopic (exact) mass is 210 g/mol. The number of aliphatic hydroxyl groups is 1. The largest absolute Gasteiger partial charge is 0.486 e. The fraction of sp³-hybridized carbons (Fsp3) is 0.333. The second kappa shape index (κ2) is 5.51. The molecule has 15 heavy (non-hydrogen) atoms. The van der Waals surface area contributed by atoms with Gasteiger partial charge in [0.1, 0.15) is 6.61 Å². The highest BCUT2D eigenvalue weighted by molar-refractivity contribution is 5.29. The summed E-state index contributed by atoms with van der Waals surface area (Å²) >= 11 is 0. The van der Waals surface area contributed by atoms with Gasteiger partial charge in [-0.05, 0) is 29.7 Å². The molecule has 0 atom stereocenters. The molecule has 0 unspecified atom stereocenters. The summed E-state index contributed by atoms with van der Waals surface area (Å²) < 4.78 is 18.6. The van der Waals surface area contributed by atoms with Crippen LogP contribution in [-0.4, -0.2) is 11.7 Å². The summed E-state index contributed by atoms with van der Waals surface area (Å²) in [6.45, 7) is 5.89. The molecule has 0 aromatic heterocycles. The van der Waals surface area contributed by atoms with Crippen molar-refractivity contribution in [2.75, 3.05) is 6.61 Å². The van der Waals surface area contributed by atoms with Crippen molar-refractivity contribution in [1.29, 1.82) is 0 Å². The maximum absolute atomic E-state index is 13.3. The third kappa shape index (κ3) is 3.36. The number of halogens is 1. The molecule has 0 spiro atoms. The van der Waals surface area contributed by atoms with Crippen LogP contribution in [0.15, 0.2) is 30.4 Å². The van der Waals surface area contributed by atoms with Crippen LogP contribution in [0.5, 0.6) is 5.75 Å². The van der Waals surface area contributed by atoms with E-state index in [-0.39, 0.29) is 12.4 Å². The molecule has 0 saturated carbocycles. The summed E-state index contributed by atoms with van der Waals surface area (Å²) in [5.41, 5.74) is 1.45. The van der Waals surface area contributed by atoms with Gasteiger partial charge < -0.3 is 9.84 Å². The van der Waals surface area contributed by atoms with Crippen molar-refractivity contribution in [1.82, 2.24) is 0 Å². The van der Waals surface area contributed by atoms with Crippen molar-refractivity contribution in [3.63, 3.8) is 0 Å². The van der Waals surface area contributed by atoms with Crippen LogP contribution in [0.25, 0.3) is 0 Å². The predicted octanol–water partition coefficient (Wildman–Crippen LogP) is 2.66. The summed E-state index contributed by atoms with van der Waals surface area (Å²) in [6, 6.07) is 4.42. The van der Waals surface area contributed by atoms with E-state index < -0.39 is 5.82 Å². The predicted molar refractivity (Wildman–Crippen MR) is 57.2 cm³/mol. The lowest BCUT2D eigenvalue weighted by Crippen LogP contribution is -2.01. The van der Waals surface area contributed by atoms with Crippen molar-refractivity contribution in [3.8, 4) is 5.75 Å². The Kier molecular flexibility index (Phi) is 4.31. The molecule has 0 aliphatic heterocycles. The highest BCUT2D eigenvalue weighted by atomic mass is 19.1. The van der Waals surface area contributed by atoms with Crippen molar-refractivity contribution in [2.45, 2.75) is 20.0 Å². The van der Waals surface area contributed by atoms with E-state index in [2.05, 4.69) is 6.58 Å². The summed E-state index contributed by atoms with van der Waals surface area (Å²) in [4.78, 5) is 0. The average molecular weight is 210 g/mol. The van der Waals surface area contributed by atoms with Crippen LogP contribution < -0.4 is 4.74 Å². The SMILES string of the molecule is C=C(CC)COc1ccc(CO)cc1F. The van der Waals surface area contributed by atoms with Gasteiger partial charge in [-0.2, -0.15) is 0 Å². The molecule has 0 fully saturated rings. The van der Waals surface area contributed by atoms with E-state index in [0.29, 0.717) is 12.2 Å². The van der Waals surface area contributed by atoms with E-state index in [4.69, 9.17) is 9.84 Å². The molecule has 1 rings (SSSR count). The first kappa shape index (κ1) is 11.7. The number of benzene rings is 1. The number of aliphatic hydroxyl groups excluding tert-OH is 1. The number of ether oxygens (including phenoxy) is 1. The Morgan fingerprint density at radius 1 is 1.53 bits per heavy atom. The Morgan fingerprint density at radius 3 is 2.80 bits per heavy atom. The Morgan fingerprint density at radius 2 is 2.27 bits per heavy atom. The van der Waals surface area contributed by atoms with Crippen molar-refractivity contribution in [2.24, 2.45) is 0 Å². The highest BCUT2D eigenvalue weighted by Crippen LogP contribution is 2.19. The van der Waals surface area contributed by atoms with Crippen molar-refractivity contribution in [3.05, 3.63) is 41.7 Å². The molecule has 3 heteroatoms. The molecule has 0 bridgehead atoms. The molecular formula is C12H15FO2. The first-order valence-corrected chi connectivity index (χ1v) is 4.86. The highest BCUT2D eigenvalue weighted by Gasteiger charge is 2.04. The molecule has 0 aliphatic carbocycles. The van der Waals surface area contributed by atoms with E-state index in [1.165, 1.54) is 12.1 Å². The van der Waals surface area contributed by atoms with Gasteiger partial charge in [-0.25, -0.2) is 4.39 Å². The summed E-state index contributed by atoms with van der Waals surface area (Å²) in [7, 11) is 0. The minimum atomic E-state index is -0.453. The molecule has 0 radical (unpaired) electrons. The van der Waals surface area contributed by atoms with Crippen molar-refractivity contribution >= 4 is 0 Å². The Balaban J connectivity index is 2.66. The average Bonchev–Trinajstić information content (AvgIpc) is 2.26. The van der Waals surface area contributed by atoms with Gasteiger partial charge in [-0.3, -0.25) is 0 Å². The minimum Gasteiger partial charge on any atom is -0.486 e. The van der Waals surface area contributed by atoms with Crippen molar-refractivity contribution < 1.29 is 14.2 Å². The van der Waals surface area contributed by atoms with Gasteiger partial charge in [0.25, 0.3) is 0 Å². The maximum Gasteiger partial charge on any atom is 0.165 e. The van der Waals surface area contributed by atoms with Crippen LogP contribution in [0.1, 0.15) is 18.9 Å². The summed E-state index contributed by atoms with van der Waals surface area (Å²) in [6.07, 6.45) is 0.816. The fourth-order valence-corrected chi connectivity index (χ4v) is 1.04. The molecule has 0 amide bonds. The standard InChI is InChI=1S/C12H15FO2/c1-3-9(2)8-15-12-5-4-10(7-14)6-11(12)13/h4-6,14H,2-3,7-8H2,1H3. The fourth-order valence-electron chi connectivity index (χ4n) is 1.04. The van der Waals surface area contributed by atoms with E-state index in [9.17, 15) is 4.39 Å². The maximum atomic E-state index is 13.3. The van der Waals surface area contributed by atoms with E-state index in [1.807, 2.05) is 6.92 Å². The van der Waals surface area contributed by atoms with Gasteiger partial charge in [-0.15, -0.1) is 0 Å². The van der Waals surface area contributed by atoms with E-state index in [0.717, 1.165) is 12.0 Å². The third-order valence-corrected chi connectivity index (χ3v) is 2.11. The van der Waals surface area contributed by atoms with Gasteiger partial charge >= 0.3 is 0 Å². The van der Waals surface area contributed by atoms with Crippen LogP contribution in [0.4, 0.5) is 4.39 Å². The zero-order chi connectivity index (χ0) is 11.3. The number of hydrogen-bond donors (Lipinski definition) is 1. The molecule has 0 saturated heterocycles. The summed E-state index contributed by atoms with van der Waals surface area (Å²) in [5, 5.41) is 8.79. The van der Waals surface area contributed by atoms with Crippen LogP contribution in [-0.2, 0) is 6.61 Å². The van der Waals surface area contributed by atoms with E-state index in [1.54, 1.807) is 6.07 Å². The molecule has 1 aromatic rings. The van der Waals surface area contributed by atoms with Gasteiger partial charge in [-0.1, -0.05) is 19.6 Å². The van der Waals surface area contributed by atoms with E-state index >= 15 is 0 Å². The molecule has 82 valence electrons. The van der Waals surface area contributed by atoms with Gasteiger partial charge in [0, 0.05) is 0 Å². The zero-order valence-electron chi connectivity index (χ0n) is 8.79. The quantitative estimate of drug-likeness (QED) is 0.757. The normalized spacial score (nSPS) is 10.1. The Hall–Kier alpha value is -1.35. The third-order valence-electron chi connectivity index (χ3n) is 2.11. The molecule has 1 aromatic carbocycles. The van der Waals surface area contributed by atoms with Gasteiger partial charge in [0.2, 0.25) is 0 Å². The van der Waals surface area contributed by atoms with Gasteiger partial charge in [0.15, 0.2) is 11.6 Å². The number of hydrogen-bond acceptors (Lipinski definition) is 2. The van der Waals surface area contributed by atoms with Gasteiger partial charge in [0.05, 0.1) is 6.61 Å². The number of rotatable bonds is 5. The van der Waals surface area contributed by atoms with Crippen LogP contribution >= 0.6 is 0 Å². The lowest BCUT2D eigenvalue weighted by Gasteiger charge is -2.08. The second-order valence-electron chi connectivity index (χ2n) is 3.32. The lowest BCUT2D eigenvalue weighted by molar-refractivity contribution is 0.280. The first-order chi connectivity index (χ1) is 7.17. The molecule has 0 heterocycles. The minimum absolute atomic E-state index is 0.168. The second-order valence-corrected chi connectivity index (χ2v) is 3.32. The molecule has 0 aliphatic rings. The Labute approximate surface area is 89.0 Å². The summed E-state index contributed by atoms with van der Waals surface area (Å²) in [5.74, 6) is -0.257. The topological polar surface area (TPSA) is 29.5 Å². The van der Waals surface area contributed by atoms with Crippen LogP contribution in [0.2, 0.25) is 0 Å². The Bertz CT molecular complexity index is 347. The molecule has 1 N–H and O–H groups in total. The molecular weight excluding hydrogens is 195 g/mol. The first-order valence-electron chi connectivity index (χ1n) is 4.86.